The van der Waals surface area contributed by atoms with E-state index in [2.05, 4.69) is 6.58 Å². The lowest BCUT2D eigenvalue weighted by Crippen LogP contribution is -2.12. The van der Waals surface area contributed by atoms with Crippen LogP contribution in [-0.2, 0) is 0 Å². The molecule has 0 unspecified atom stereocenters. The molecule has 0 atom stereocenters. The maximum atomic E-state index is 14.9. The molecule has 4 rings (SSSR count). The number of halogens is 3. The minimum atomic E-state index is -0.982. The van der Waals surface area contributed by atoms with Gasteiger partial charge in [0.05, 0.1) is 6.61 Å². The second kappa shape index (κ2) is 10.3. The van der Waals surface area contributed by atoms with Gasteiger partial charge in [-0.2, -0.15) is 4.39 Å². The van der Waals surface area contributed by atoms with Crippen molar-refractivity contribution >= 4 is 0 Å². The quantitative estimate of drug-likeness (QED) is 0.327. The van der Waals surface area contributed by atoms with E-state index in [-0.39, 0.29) is 23.0 Å². The number of hydrogen-bond acceptors (Lipinski definition) is 1. The average Bonchev–Trinajstić information content (AvgIpc) is 2.85. The van der Waals surface area contributed by atoms with E-state index < -0.39 is 11.6 Å². The van der Waals surface area contributed by atoms with Gasteiger partial charge in [0.25, 0.3) is 0 Å². The zero-order valence-corrected chi connectivity index (χ0v) is 18.9. The van der Waals surface area contributed by atoms with Crippen molar-refractivity contribution in [2.45, 2.75) is 44.9 Å². The first-order chi connectivity index (χ1) is 16.0. The Bertz CT molecular complexity index is 1110. The summed E-state index contributed by atoms with van der Waals surface area (Å²) >= 11 is 0. The molecule has 0 spiro atoms. The van der Waals surface area contributed by atoms with E-state index in [1.54, 1.807) is 30.3 Å². The molecule has 172 valence electrons. The lowest BCUT2D eigenvalue weighted by Gasteiger charge is -2.27. The largest absolute Gasteiger partial charge is 0.490 e. The zero-order valence-electron chi connectivity index (χ0n) is 18.9. The summed E-state index contributed by atoms with van der Waals surface area (Å²) in [6, 6.07) is 15.4. The van der Waals surface area contributed by atoms with Gasteiger partial charge in [0, 0.05) is 5.56 Å². The molecule has 1 aliphatic carbocycles. The second-order valence-electron chi connectivity index (χ2n) is 8.75. The second-order valence-corrected chi connectivity index (χ2v) is 8.75. The van der Waals surface area contributed by atoms with Crippen molar-refractivity contribution in [3.05, 3.63) is 90.3 Å². The van der Waals surface area contributed by atoms with E-state index >= 15 is 0 Å². The smallest absolute Gasteiger partial charge is 0.201 e. The highest BCUT2D eigenvalue weighted by atomic mass is 19.2. The Kier molecular flexibility index (Phi) is 7.22. The van der Waals surface area contributed by atoms with Gasteiger partial charge in [-0.15, -0.1) is 6.58 Å². The van der Waals surface area contributed by atoms with Crippen molar-refractivity contribution in [2.75, 3.05) is 6.61 Å². The van der Waals surface area contributed by atoms with Gasteiger partial charge in [0.15, 0.2) is 11.6 Å². The van der Waals surface area contributed by atoms with Crippen molar-refractivity contribution in [1.82, 2.24) is 0 Å². The Labute approximate surface area is 193 Å². The van der Waals surface area contributed by atoms with Gasteiger partial charge in [0.2, 0.25) is 5.82 Å². The molecule has 1 fully saturated rings. The van der Waals surface area contributed by atoms with E-state index in [1.807, 2.05) is 25.1 Å². The fourth-order valence-corrected chi connectivity index (χ4v) is 4.62. The van der Waals surface area contributed by atoms with Gasteiger partial charge < -0.3 is 4.74 Å². The van der Waals surface area contributed by atoms with Crippen LogP contribution in [0.1, 0.15) is 50.5 Å². The van der Waals surface area contributed by atoms with E-state index in [4.69, 9.17) is 4.74 Å². The Hall–Kier alpha value is -3.01. The molecule has 0 aromatic heterocycles. The van der Waals surface area contributed by atoms with Gasteiger partial charge in [-0.3, -0.25) is 0 Å². The molecule has 0 N–H and O–H groups in total. The Morgan fingerprint density at radius 3 is 2.15 bits per heavy atom. The highest BCUT2D eigenvalue weighted by molar-refractivity contribution is 5.71. The van der Waals surface area contributed by atoms with Crippen molar-refractivity contribution in [3.63, 3.8) is 0 Å². The van der Waals surface area contributed by atoms with E-state index in [1.165, 1.54) is 12.1 Å². The first kappa shape index (κ1) is 23.2. The maximum absolute atomic E-state index is 14.9. The van der Waals surface area contributed by atoms with Crippen LogP contribution in [-0.4, -0.2) is 6.61 Å². The van der Waals surface area contributed by atoms with Crippen molar-refractivity contribution in [1.29, 1.82) is 0 Å². The third kappa shape index (κ3) is 5.00. The highest BCUT2D eigenvalue weighted by Crippen LogP contribution is 2.38. The van der Waals surface area contributed by atoms with Crippen molar-refractivity contribution in [2.24, 2.45) is 5.92 Å². The number of benzene rings is 3. The first-order valence-corrected chi connectivity index (χ1v) is 11.7. The predicted molar refractivity (Wildman–Crippen MR) is 128 cm³/mol. The van der Waals surface area contributed by atoms with Gasteiger partial charge in [-0.1, -0.05) is 49.4 Å². The van der Waals surface area contributed by atoms with Gasteiger partial charge >= 0.3 is 0 Å². The molecule has 4 heteroatoms. The van der Waals surface area contributed by atoms with E-state index in [0.29, 0.717) is 24.5 Å². The third-order valence-corrected chi connectivity index (χ3v) is 6.58. The molecule has 3 aromatic rings. The van der Waals surface area contributed by atoms with Gasteiger partial charge in [-0.05, 0) is 84.4 Å². The van der Waals surface area contributed by atoms with Crippen molar-refractivity contribution < 1.29 is 17.9 Å². The van der Waals surface area contributed by atoms with Crippen LogP contribution in [0.4, 0.5) is 13.2 Å². The molecule has 1 saturated carbocycles. The summed E-state index contributed by atoms with van der Waals surface area (Å²) in [7, 11) is 0. The Balaban J connectivity index is 1.52. The minimum absolute atomic E-state index is 0.0803. The van der Waals surface area contributed by atoms with Crippen LogP contribution >= 0.6 is 0 Å². The monoisotopic (exact) mass is 450 g/mol. The first-order valence-electron chi connectivity index (χ1n) is 11.7. The summed E-state index contributed by atoms with van der Waals surface area (Å²) in [5.41, 5.74) is 3.08. The maximum Gasteiger partial charge on any atom is 0.201 e. The minimum Gasteiger partial charge on any atom is -0.490 e. The lowest BCUT2D eigenvalue weighted by molar-refractivity contribution is 0.295. The summed E-state index contributed by atoms with van der Waals surface area (Å²) in [6.45, 7) is 6.10. The summed E-state index contributed by atoms with van der Waals surface area (Å²) in [4.78, 5) is 0. The Morgan fingerprint density at radius 2 is 1.52 bits per heavy atom. The average molecular weight is 451 g/mol. The molecule has 1 aliphatic rings. The Morgan fingerprint density at radius 1 is 0.848 bits per heavy atom. The van der Waals surface area contributed by atoms with E-state index in [0.717, 1.165) is 42.4 Å². The molecule has 33 heavy (non-hydrogen) atoms. The van der Waals surface area contributed by atoms with Crippen molar-refractivity contribution in [3.8, 4) is 28.0 Å². The standard InChI is InChI=1S/C29H29F3O/c1-3-17-33-27-16-15-25(28(31)29(27)32)22-11-9-20(10-12-22)23-13-14-24(26(30)18-23)21-7-5-19(4-2)6-8-21/h4,9-16,18-19,21H,2-3,5-8,17H2,1H3. The lowest BCUT2D eigenvalue weighted by atomic mass is 9.78. The van der Waals surface area contributed by atoms with Gasteiger partial charge in [-0.25, -0.2) is 8.78 Å². The normalized spacial score (nSPS) is 18.2. The fourth-order valence-electron chi connectivity index (χ4n) is 4.62. The summed E-state index contributed by atoms with van der Waals surface area (Å²) in [5, 5.41) is 0. The van der Waals surface area contributed by atoms with Crippen LogP contribution in [0.3, 0.4) is 0 Å². The van der Waals surface area contributed by atoms with Crippen LogP contribution in [0.5, 0.6) is 5.75 Å². The molecular weight excluding hydrogens is 421 g/mol. The zero-order chi connectivity index (χ0) is 23.4. The third-order valence-electron chi connectivity index (χ3n) is 6.58. The van der Waals surface area contributed by atoms with Crippen LogP contribution in [0.15, 0.2) is 67.3 Å². The fraction of sp³-hybridized carbons (Fsp3) is 0.310. The van der Waals surface area contributed by atoms with Gasteiger partial charge in [0.1, 0.15) is 5.82 Å². The molecule has 0 aliphatic heterocycles. The van der Waals surface area contributed by atoms with Crippen LogP contribution in [0.2, 0.25) is 0 Å². The summed E-state index contributed by atoms with van der Waals surface area (Å²) in [6.07, 6.45) is 6.79. The predicted octanol–water partition coefficient (Wildman–Crippen LogP) is 8.69. The highest BCUT2D eigenvalue weighted by Gasteiger charge is 2.23. The van der Waals surface area contributed by atoms with Crippen LogP contribution < -0.4 is 4.74 Å². The molecule has 1 nitrogen and oxygen atoms in total. The molecule has 0 heterocycles. The molecule has 0 amide bonds. The number of ether oxygens (including phenoxy) is 1. The molecule has 0 bridgehead atoms. The summed E-state index contributed by atoms with van der Waals surface area (Å²) < 4.78 is 49.2. The van der Waals surface area contributed by atoms with Crippen LogP contribution in [0, 0.1) is 23.4 Å². The topological polar surface area (TPSA) is 9.23 Å². The summed E-state index contributed by atoms with van der Waals surface area (Å²) in [5.74, 6) is -1.39. The van der Waals surface area contributed by atoms with Crippen LogP contribution in [0.25, 0.3) is 22.3 Å². The molecule has 0 radical (unpaired) electrons. The number of hydrogen-bond donors (Lipinski definition) is 0. The molecule has 3 aromatic carbocycles. The number of rotatable bonds is 7. The molecule has 0 saturated heterocycles. The molecular formula is C29H29F3O. The number of allylic oxidation sites excluding steroid dienone is 1. The SMILES string of the molecule is C=CC1CCC(c2ccc(-c3ccc(-c4ccc(OCCC)c(F)c4F)cc3)cc2F)CC1. The van der Waals surface area contributed by atoms with E-state index in [9.17, 15) is 13.2 Å².